The molecule has 5 heteroatoms. The molecule has 3 N–H and O–H groups in total. The molecule has 0 aliphatic rings. The summed E-state index contributed by atoms with van der Waals surface area (Å²) in [5.41, 5.74) is 9.22. The first kappa shape index (κ1) is 13.2. The van der Waals surface area contributed by atoms with E-state index in [1.807, 2.05) is 30.3 Å². The number of nitrogens with two attached hydrogens (primary N) is 1. The van der Waals surface area contributed by atoms with Gasteiger partial charge in [-0.3, -0.25) is 9.36 Å². The molecular weight excluding hydrogens is 288 g/mol. The van der Waals surface area contributed by atoms with Crippen LogP contribution in [0.1, 0.15) is 5.56 Å². The topological polar surface area (TPSA) is 87.6 Å². The number of hydrogen-bond acceptors (Lipinski definition) is 3. The highest BCUT2D eigenvalue weighted by molar-refractivity contribution is 6.06. The van der Waals surface area contributed by atoms with Crippen LogP contribution >= 0.6 is 0 Å². The van der Waals surface area contributed by atoms with Crippen molar-refractivity contribution in [2.24, 2.45) is 0 Å². The summed E-state index contributed by atoms with van der Waals surface area (Å²) in [7, 11) is 0. The Labute approximate surface area is 131 Å². The lowest BCUT2D eigenvalue weighted by Crippen LogP contribution is -2.21. The van der Waals surface area contributed by atoms with Crippen LogP contribution in [-0.2, 0) is 0 Å². The lowest BCUT2D eigenvalue weighted by Gasteiger charge is -2.09. The highest BCUT2D eigenvalue weighted by atomic mass is 16.1. The van der Waals surface area contributed by atoms with Gasteiger partial charge in [0.1, 0.15) is 11.6 Å². The summed E-state index contributed by atoms with van der Waals surface area (Å²) in [6, 6.07) is 18.3. The molecule has 0 fully saturated rings. The van der Waals surface area contributed by atoms with Crippen LogP contribution in [0.2, 0.25) is 0 Å². The minimum atomic E-state index is -0.338. The van der Waals surface area contributed by atoms with Gasteiger partial charge in [-0.1, -0.05) is 18.2 Å². The maximum atomic E-state index is 12.7. The van der Waals surface area contributed by atoms with E-state index in [0.717, 1.165) is 21.9 Å². The third-order valence-electron chi connectivity index (χ3n) is 3.92. The van der Waals surface area contributed by atoms with Crippen molar-refractivity contribution in [3.8, 4) is 11.8 Å². The van der Waals surface area contributed by atoms with E-state index in [-0.39, 0.29) is 11.1 Å². The van der Waals surface area contributed by atoms with Crippen LogP contribution in [0.15, 0.2) is 59.4 Å². The molecule has 5 nitrogen and oxygen atoms in total. The number of rotatable bonds is 1. The Balaban J connectivity index is 2.23. The average molecular weight is 300 g/mol. The van der Waals surface area contributed by atoms with Gasteiger partial charge >= 0.3 is 0 Å². The van der Waals surface area contributed by atoms with Gasteiger partial charge in [0.2, 0.25) is 0 Å². The quantitative estimate of drug-likeness (QED) is 0.530. The number of para-hydroxylation sites is 1. The van der Waals surface area contributed by atoms with Crippen LogP contribution in [0.4, 0.5) is 5.69 Å². The zero-order valence-corrected chi connectivity index (χ0v) is 12.1. The molecule has 0 aliphatic heterocycles. The Morgan fingerprint density at radius 2 is 1.78 bits per heavy atom. The van der Waals surface area contributed by atoms with E-state index >= 15 is 0 Å². The van der Waals surface area contributed by atoms with Gasteiger partial charge in [0, 0.05) is 22.3 Å². The number of nitrogen functional groups attached to an aromatic ring is 1. The Bertz CT molecular complexity index is 1140. The zero-order valence-electron chi connectivity index (χ0n) is 12.1. The summed E-state index contributed by atoms with van der Waals surface area (Å²) in [5.74, 6) is 0. The molecule has 2 aromatic carbocycles. The molecule has 110 valence electrons. The maximum Gasteiger partial charge on any atom is 0.273 e. The fourth-order valence-corrected chi connectivity index (χ4v) is 2.87. The third-order valence-corrected chi connectivity index (χ3v) is 3.92. The van der Waals surface area contributed by atoms with Crippen LogP contribution in [0, 0.1) is 11.3 Å². The van der Waals surface area contributed by atoms with Crippen LogP contribution in [0.5, 0.6) is 0 Å². The predicted octanol–water partition coefficient (Wildman–Crippen LogP) is 2.93. The first-order valence-corrected chi connectivity index (χ1v) is 7.11. The average Bonchev–Trinajstić information content (AvgIpc) is 2.93. The van der Waals surface area contributed by atoms with Gasteiger partial charge in [0.15, 0.2) is 0 Å². The SMILES string of the molecule is N#Cc1cc2[nH]c3ccccc3c2n(-c2ccc(N)cc2)c1=O. The second-order valence-corrected chi connectivity index (χ2v) is 5.33. The summed E-state index contributed by atoms with van der Waals surface area (Å²) in [6.45, 7) is 0. The van der Waals surface area contributed by atoms with Crippen molar-refractivity contribution < 1.29 is 0 Å². The molecule has 0 atom stereocenters. The normalized spacial score (nSPS) is 10.9. The Morgan fingerprint density at radius 1 is 1.04 bits per heavy atom. The van der Waals surface area contributed by atoms with Crippen molar-refractivity contribution >= 4 is 27.6 Å². The first-order chi connectivity index (χ1) is 11.2. The van der Waals surface area contributed by atoms with Crippen LogP contribution in [0.3, 0.4) is 0 Å². The molecule has 0 aliphatic carbocycles. The minimum absolute atomic E-state index is 0.0980. The number of H-pyrrole nitrogens is 1. The number of aromatic amines is 1. The van der Waals surface area contributed by atoms with Crippen LogP contribution in [0.25, 0.3) is 27.6 Å². The molecule has 4 rings (SSSR count). The van der Waals surface area contributed by atoms with Gasteiger partial charge in [-0.25, -0.2) is 0 Å². The van der Waals surface area contributed by atoms with Crippen LogP contribution in [-0.4, -0.2) is 9.55 Å². The summed E-state index contributed by atoms with van der Waals surface area (Å²) in [6.07, 6.45) is 0. The highest BCUT2D eigenvalue weighted by Crippen LogP contribution is 2.26. The van der Waals surface area contributed by atoms with Gasteiger partial charge in [-0.05, 0) is 36.4 Å². The van der Waals surface area contributed by atoms with E-state index in [1.165, 1.54) is 0 Å². The molecule has 0 radical (unpaired) electrons. The molecule has 0 spiro atoms. The Morgan fingerprint density at radius 3 is 2.52 bits per heavy atom. The molecule has 4 aromatic rings. The Hall–Kier alpha value is -3.52. The van der Waals surface area contributed by atoms with Gasteiger partial charge in [0.05, 0.1) is 11.0 Å². The molecule has 0 amide bonds. The largest absolute Gasteiger partial charge is 0.399 e. The lowest BCUT2D eigenvalue weighted by atomic mass is 10.2. The van der Waals surface area contributed by atoms with Crippen molar-refractivity contribution in [2.75, 3.05) is 5.73 Å². The zero-order chi connectivity index (χ0) is 16.0. The van der Waals surface area contributed by atoms with E-state index in [2.05, 4.69) is 4.98 Å². The van der Waals surface area contributed by atoms with E-state index in [1.54, 1.807) is 34.9 Å². The van der Waals surface area contributed by atoms with Gasteiger partial charge in [-0.15, -0.1) is 0 Å². The number of pyridine rings is 1. The minimum Gasteiger partial charge on any atom is -0.399 e. The highest BCUT2D eigenvalue weighted by Gasteiger charge is 2.15. The fourth-order valence-electron chi connectivity index (χ4n) is 2.87. The summed E-state index contributed by atoms with van der Waals surface area (Å²) >= 11 is 0. The fraction of sp³-hybridized carbons (Fsp3) is 0. The Kier molecular flexibility index (Phi) is 2.72. The monoisotopic (exact) mass is 300 g/mol. The number of hydrogen-bond donors (Lipinski definition) is 2. The third kappa shape index (κ3) is 1.89. The van der Waals surface area contributed by atoms with E-state index in [0.29, 0.717) is 11.4 Å². The molecular formula is C18H12N4O. The van der Waals surface area contributed by atoms with Gasteiger partial charge in [0.25, 0.3) is 5.56 Å². The number of benzene rings is 2. The number of nitrogens with zero attached hydrogens (tertiary/aromatic N) is 2. The number of nitrogens with one attached hydrogen (secondary N) is 1. The summed E-state index contributed by atoms with van der Waals surface area (Å²) in [5, 5.41) is 10.2. The lowest BCUT2D eigenvalue weighted by molar-refractivity contribution is 1.04. The first-order valence-electron chi connectivity index (χ1n) is 7.11. The molecule has 0 saturated heterocycles. The van der Waals surface area contributed by atoms with E-state index < -0.39 is 0 Å². The van der Waals surface area contributed by atoms with Crippen molar-refractivity contribution in [3.05, 3.63) is 70.5 Å². The standard InChI is InChI=1S/C18H12N4O/c19-10-11-9-16-17(14-3-1-2-4-15(14)21-16)22(18(11)23)13-7-5-12(20)6-8-13/h1-9,21H,20H2. The smallest absolute Gasteiger partial charge is 0.273 e. The van der Waals surface area contributed by atoms with E-state index in [4.69, 9.17) is 5.73 Å². The van der Waals surface area contributed by atoms with E-state index in [9.17, 15) is 10.1 Å². The van der Waals surface area contributed by atoms with Crippen molar-refractivity contribution in [1.29, 1.82) is 5.26 Å². The molecule has 0 saturated carbocycles. The molecule has 2 heterocycles. The number of anilines is 1. The maximum absolute atomic E-state index is 12.7. The van der Waals surface area contributed by atoms with Crippen molar-refractivity contribution in [2.45, 2.75) is 0 Å². The molecule has 0 unspecified atom stereocenters. The number of aromatic nitrogens is 2. The summed E-state index contributed by atoms with van der Waals surface area (Å²) in [4.78, 5) is 16.0. The number of fused-ring (bicyclic) bond motifs is 3. The van der Waals surface area contributed by atoms with Gasteiger partial charge in [-0.2, -0.15) is 5.26 Å². The second-order valence-electron chi connectivity index (χ2n) is 5.33. The molecule has 23 heavy (non-hydrogen) atoms. The molecule has 0 bridgehead atoms. The summed E-state index contributed by atoms with van der Waals surface area (Å²) < 4.78 is 1.56. The van der Waals surface area contributed by atoms with Crippen molar-refractivity contribution in [3.63, 3.8) is 0 Å². The number of nitriles is 1. The van der Waals surface area contributed by atoms with Crippen molar-refractivity contribution in [1.82, 2.24) is 9.55 Å². The second kappa shape index (κ2) is 4.75. The predicted molar refractivity (Wildman–Crippen MR) is 90.5 cm³/mol. The molecule has 2 aromatic heterocycles. The van der Waals surface area contributed by atoms with Crippen LogP contribution < -0.4 is 11.3 Å². The van der Waals surface area contributed by atoms with Gasteiger partial charge < -0.3 is 10.7 Å².